The van der Waals surface area contributed by atoms with Gasteiger partial charge < -0.3 is 19.5 Å². The summed E-state index contributed by atoms with van der Waals surface area (Å²) >= 11 is 0. The first kappa shape index (κ1) is 18.4. The number of hydrogen-bond donors (Lipinski definition) is 1. The number of ether oxygens (including phenoxy) is 3. The fourth-order valence-electron chi connectivity index (χ4n) is 2.10. The summed E-state index contributed by atoms with van der Waals surface area (Å²) in [5.41, 5.74) is 0.572. The van der Waals surface area contributed by atoms with Crippen molar-refractivity contribution in [3.63, 3.8) is 0 Å². The van der Waals surface area contributed by atoms with Gasteiger partial charge in [-0.05, 0) is 55.5 Å². The summed E-state index contributed by atoms with van der Waals surface area (Å²) < 4.78 is 16.2. The molecule has 5 nitrogen and oxygen atoms in total. The summed E-state index contributed by atoms with van der Waals surface area (Å²) in [6, 6.07) is 14.2. The quantitative estimate of drug-likeness (QED) is 0.710. The zero-order valence-corrected chi connectivity index (χ0v) is 14.5. The van der Waals surface area contributed by atoms with Crippen LogP contribution in [0.25, 0.3) is 0 Å². The highest BCUT2D eigenvalue weighted by Crippen LogP contribution is 2.17. The number of nitrogens with one attached hydrogen (secondary N) is 1. The molecule has 0 fully saturated rings. The zero-order valence-electron chi connectivity index (χ0n) is 14.5. The minimum Gasteiger partial charge on any atom is -0.497 e. The number of carbonyl (C=O) groups is 1. The van der Waals surface area contributed by atoms with Gasteiger partial charge in [0.25, 0.3) is 5.91 Å². The predicted octanol–water partition coefficient (Wildman–Crippen LogP) is 3.46. The van der Waals surface area contributed by atoms with Gasteiger partial charge in [-0.15, -0.1) is 0 Å². The largest absolute Gasteiger partial charge is 0.497 e. The van der Waals surface area contributed by atoms with Gasteiger partial charge >= 0.3 is 0 Å². The van der Waals surface area contributed by atoms with Crippen molar-refractivity contribution < 1.29 is 19.0 Å². The topological polar surface area (TPSA) is 56.8 Å². The highest BCUT2D eigenvalue weighted by Gasteiger charge is 2.10. The Morgan fingerprint density at radius 3 is 2.20 bits per heavy atom. The van der Waals surface area contributed by atoms with Gasteiger partial charge in [0.1, 0.15) is 30.5 Å². The maximum absolute atomic E-state index is 12.2. The monoisotopic (exact) mass is 341 g/mol. The Bertz CT molecular complexity index is 680. The second-order valence-electron chi connectivity index (χ2n) is 5.49. The van der Waals surface area contributed by atoms with E-state index in [1.807, 2.05) is 31.2 Å². The van der Waals surface area contributed by atoms with Gasteiger partial charge in [-0.25, -0.2) is 0 Å². The van der Waals surface area contributed by atoms with Crippen molar-refractivity contribution in [2.45, 2.75) is 13.0 Å². The Morgan fingerprint density at radius 1 is 1.04 bits per heavy atom. The fraction of sp³-hybridized carbons (Fsp3) is 0.250. The van der Waals surface area contributed by atoms with Crippen molar-refractivity contribution in [3.05, 3.63) is 66.7 Å². The maximum Gasteiger partial charge on any atom is 0.251 e. The highest BCUT2D eigenvalue weighted by atomic mass is 16.5. The van der Waals surface area contributed by atoms with Crippen LogP contribution in [0.5, 0.6) is 17.2 Å². The molecule has 1 atom stereocenters. The van der Waals surface area contributed by atoms with E-state index in [-0.39, 0.29) is 11.9 Å². The van der Waals surface area contributed by atoms with E-state index in [1.165, 1.54) is 0 Å². The third kappa shape index (κ3) is 5.88. The van der Waals surface area contributed by atoms with E-state index in [4.69, 9.17) is 14.2 Å². The SMILES string of the molecule is C=CCOc1ccc(C(=O)N[C@@H](C)COc2ccc(OC)cc2)cc1. The summed E-state index contributed by atoms with van der Waals surface area (Å²) in [5.74, 6) is 2.05. The lowest BCUT2D eigenvalue weighted by molar-refractivity contribution is 0.0926. The van der Waals surface area contributed by atoms with Crippen LogP contribution in [-0.2, 0) is 0 Å². The van der Waals surface area contributed by atoms with E-state index < -0.39 is 0 Å². The summed E-state index contributed by atoms with van der Waals surface area (Å²) in [4.78, 5) is 12.2. The summed E-state index contributed by atoms with van der Waals surface area (Å²) in [6.45, 7) is 6.30. The molecule has 2 aromatic rings. The standard InChI is InChI=1S/C20H23NO4/c1-4-13-24-18-7-5-16(6-8-18)20(22)21-15(2)14-25-19-11-9-17(23-3)10-12-19/h4-12,15H,1,13-14H2,2-3H3,(H,21,22)/t15-/m0/s1. The average Bonchev–Trinajstić information content (AvgIpc) is 2.65. The van der Waals surface area contributed by atoms with E-state index in [0.29, 0.717) is 24.5 Å². The Morgan fingerprint density at radius 2 is 1.60 bits per heavy atom. The second kappa shape index (κ2) is 9.37. The summed E-state index contributed by atoms with van der Waals surface area (Å²) in [7, 11) is 1.62. The van der Waals surface area contributed by atoms with Crippen LogP contribution in [0.4, 0.5) is 0 Å². The fourth-order valence-corrected chi connectivity index (χ4v) is 2.10. The molecule has 25 heavy (non-hydrogen) atoms. The molecule has 0 saturated heterocycles. The first-order chi connectivity index (χ1) is 12.1. The van der Waals surface area contributed by atoms with Crippen molar-refractivity contribution in [2.24, 2.45) is 0 Å². The van der Waals surface area contributed by atoms with E-state index in [1.54, 1.807) is 37.5 Å². The molecular formula is C20H23NO4. The third-order valence-electron chi connectivity index (χ3n) is 3.42. The van der Waals surface area contributed by atoms with E-state index >= 15 is 0 Å². The third-order valence-corrected chi connectivity index (χ3v) is 3.42. The molecular weight excluding hydrogens is 318 g/mol. The first-order valence-corrected chi connectivity index (χ1v) is 8.04. The average molecular weight is 341 g/mol. The predicted molar refractivity (Wildman–Crippen MR) is 97.6 cm³/mol. The van der Waals surface area contributed by atoms with Crippen LogP contribution in [0, 0.1) is 0 Å². The van der Waals surface area contributed by atoms with Gasteiger partial charge in [-0.2, -0.15) is 0 Å². The molecule has 0 spiro atoms. The molecule has 0 heterocycles. The minimum absolute atomic E-state index is 0.133. The molecule has 132 valence electrons. The number of carbonyl (C=O) groups excluding carboxylic acids is 1. The highest BCUT2D eigenvalue weighted by molar-refractivity contribution is 5.94. The Labute approximate surface area is 148 Å². The number of methoxy groups -OCH3 is 1. The van der Waals surface area contributed by atoms with Crippen LogP contribution >= 0.6 is 0 Å². The summed E-state index contributed by atoms with van der Waals surface area (Å²) in [6.07, 6.45) is 1.67. The van der Waals surface area contributed by atoms with Crippen LogP contribution < -0.4 is 19.5 Å². The Kier molecular flexibility index (Phi) is 6.89. The van der Waals surface area contributed by atoms with Gasteiger partial charge in [0.05, 0.1) is 13.2 Å². The molecule has 2 aromatic carbocycles. The lowest BCUT2D eigenvalue weighted by Crippen LogP contribution is -2.36. The van der Waals surface area contributed by atoms with Gasteiger partial charge in [0, 0.05) is 5.56 Å². The molecule has 0 aromatic heterocycles. The number of rotatable bonds is 9. The summed E-state index contributed by atoms with van der Waals surface area (Å²) in [5, 5.41) is 2.91. The smallest absolute Gasteiger partial charge is 0.251 e. The van der Waals surface area contributed by atoms with Crippen molar-refractivity contribution in [3.8, 4) is 17.2 Å². The van der Waals surface area contributed by atoms with E-state index in [2.05, 4.69) is 11.9 Å². The lowest BCUT2D eigenvalue weighted by atomic mass is 10.2. The van der Waals surface area contributed by atoms with Crippen molar-refractivity contribution in [1.29, 1.82) is 0 Å². The molecule has 0 radical (unpaired) electrons. The van der Waals surface area contributed by atoms with E-state index in [0.717, 1.165) is 11.5 Å². The number of benzene rings is 2. The van der Waals surface area contributed by atoms with E-state index in [9.17, 15) is 4.79 Å². The number of amides is 1. The molecule has 0 aliphatic carbocycles. The maximum atomic E-state index is 12.2. The van der Waals surface area contributed by atoms with Crippen molar-refractivity contribution in [1.82, 2.24) is 5.32 Å². The van der Waals surface area contributed by atoms with Crippen LogP contribution in [0.15, 0.2) is 61.2 Å². The normalized spacial score (nSPS) is 11.3. The van der Waals surface area contributed by atoms with Gasteiger partial charge in [0.2, 0.25) is 0 Å². The van der Waals surface area contributed by atoms with Gasteiger partial charge in [-0.3, -0.25) is 4.79 Å². The lowest BCUT2D eigenvalue weighted by Gasteiger charge is -2.15. The van der Waals surface area contributed by atoms with Gasteiger partial charge in [0.15, 0.2) is 0 Å². The first-order valence-electron chi connectivity index (χ1n) is 8.04. The molecule has 5 heteroatoms. The molecule has 0 unspecified atom stereocenters. The molecule has 0 aliphatic heterocycles. The molecule has 0 bridgehead atoms. The molecule has 0 aliphatic rings. The zero-order chi connectivity index (χ0) is 18.1. The minimum atomic E-state index is -0.152. The van der Waals surface area contributed by atoms with Crippen molar-refractivity contribution >= 4 is 5.91 Å². The van der Waals surface area contributed by atoms with Crippen LogP contribution in [0.3, 0.4) is 0 Å². The Balaban J connectivity index is 1.81. The van der Waals surface area contributed by atoms with Crippen LogP contribution in [0.1, 0.15) is 17.3 Å². The Hall–Kier alpha value is -2.95. The van der Waals surface area contributed by atoms with Crippen LogP contribution in [0.2, 0.25) is 0 Å². The number of hydrogen-bond acceptors (Lipinski definition) is 4. The second-order valence-corrected chi connectivity index (χ2v) is 5.49. The molecule has 1 amide bonds. The van der Waals surface area contributed by atoms with Crippen molar-refractivity contribution in [2.75, 3.05) is 20.3 Å². The molecule has 0 saturated carbocycles. The molecule has 1 N–H and O–H groups in total. The molecule has 2 rings (SSSR count). The van der Waals surface area contributed by atoms with Crippen LogP contribution in [-0.4, -0.2) is 32.3 Å². The van der Waals surface area contributed by atoms with Gasteiger partial charge in [-0.1, -0.05) is 12.7 Å².